The number of nitrogens with zero attached hydrogens (tertiary/aromatic N) is 7. The van der Waals surface area contributed by atoms with E-state index in [-0.39, 0.29) is 28.8 Å². The van der Waals surface area contributed by atoms with Gasteiger partial charge < -0.3 is 21.0 Å². The topological polar surface area (TPSA) is 191 Å². The lowest BCUT2D eigenvalue weighted by Gasteiger charge is -2.49. The number of thiazole rings is 1. The minimum absolute atomic E-state index is 0.0585. The van der Waals surface area contributed by atoms with E-state index >= 15 is 0 Å². The maximum Gasteiger partial charge on any atom is 0.352 e. The van der Waals surface area contributed by atoms with Gasteiger partial charge in [-0.05, 0) is 16.0 Å². The van der Waals surface area contributed by atoms with Crippen LogP contribution in [0.4, 0.5) is 5.13 Å². The summed E-state index contributed by atoms with van der Waals surface area (Å²) in [6.45, 7) is 3.58. The van der Waals surface area contributed by atoms with Gasteiger partial charge in [-0.2, -0.15) is 0 Å². The number of nitrogens with two attached hydrogens (primary N) is 1. The Morgan fingerprint density at radius 2 is 2.31 bits per heavy atom. The molecule has 2 aromatic heterocycles. The number of tetrazole rings is 1. The number of nitrogen functional groups attached to an aromatic ring is 1. The number of β-lactam (4-membered cyclic amide) rings is 1. The van der Waals surface area contributed by atoms with Crippen molar-refractivity contribution in [3.8, 4) is 0 Å². The highest BCUT2D eigenvalue weighted by atomic mass is 32.2. The van der Waals surface area contributed by atoms with E-state index in [0.29, 0.717) is 22.2 Å². The summed E-state index contributed by atoms with van der Waals surface area (Å²) in [6, 6.07) is -0.945. The first-order valence-corrected chi connectivity index (χ1v) is 12.8. The van der Waals surface area contributed by atoms with Gasteiger partial charge in [0.25, 0.3) is 11.8 Å². The van der Waals surface area contributed by atoms with Crippen LogP contribution in [-0.4, -0.2) is 88.2 Å². The van der Waals surface area contributed by atoms with Crippen LogP contribution in [0.3, 0.4) is 0 Å². The van der Waals surface area contributed by atoms with Crippen LogP contribution in [0.15, 0.2) is 39.6 Å². The number of carbonyl (C=O) groups excluding carboxylic acids is 2. The predicted octanol–water partition coefficient (Wildman–Crippen LogP) is -0.314. The summed E-state index contributed by atoms with van der Waals surface area (Å²) in [6.07, 6.45) is 1.46. The minimum Gasteiger partial charge on any atom is -0.477 e. The zero-order valence-corrected chi connectivity index (χ0v) is 20.6. The molecule has 2 aliphatic heterocycles. The first-order chi connectivity index (χ1) is 16.8. The molecular weight excluding hydrogens is 518 g/mol. The van der Waals surface area contributed by atoms with Crippen LogP contribution < -0.4 is 11.1 Å². The summed E-state index contributed by atoms with van der Waals surface area (Å²) in [5, 5.41) is 29.1. The highest BCUT2D eigenvalue weighted by Gasteiger charge is 2.54. The van der Waals surface area contributed by atoms with E-state index in [0.717, 1.165) is 11.3 Å². The molecule has 1 fully saturated rings. The van der Waals surface area contributed by atoms with Crippen LogP contribution in [0.25, 0.3) is 0 Å². The van der Waals surface area contributed by atoms with Crippen molar-refractivity contribution in [1.29, 1.82) is 0 Å². The van der Waals surface area contributed by atoms with Crippen LogP contribution in [-0.2, 0) is 26.3 Å². The van der Waals surface area contributed by atoms with E-state index in [4.69, 9.17) is 10.6 Å². The number of thioether (sulfide) groups is 2. The van der Waals surface area contributed by atoms with Gasteiger partial charge in [0.1, 0.15) is 29.4 Å². The highest BCUT2D eigenvalue weighted by molar-refractivity contribution is 8.01. The molecule has 35 heavy (non-hydrogen) atoms. The van der Waals surface area contributed by atoms with Crippen molar-refractivity contribution in [2.24, 2.45) is 12.2 Å². The average Bonchev–Trinajstić information content (AvgIpc) is 3.45. The molecule has 0 radical (unpaired) electrons. The number of hydrogen-bond donors (Lipinski definition) is 3. The van der Waals surface area contributed by atoms with E-state index in [2.05, 4.69) is 37.6 Å². The third kappa shape index (κ3) is 5.01. The van der Waals surface area contributed by atoms with Crippen molar-refractivity contribution in [1.82, 2.24) is 35.4 Å². The van der Waals surface area contributed by atoms with Crippen LogP contribution in [0.2, 0.25) is 0 Å². The second-order valence-corrected chi connectivity index (χ2v) is 10.0. The molecule has 2 amide bonds. The third-order valence-corrected chi connectivity index (χ3v) is 7.93. The Balaban J connectivity index is 1.49. The van der Waals surface area contributed by atoms with Gasteiger partial charge in [-0.3, -0.25) is 14.5 Å². The number of nitrogens with one attached hydrogen (secondary N) is 1. The molecule has 0 aromatic carbocycles. The number of amides is 2. The Labute approximate surface area is 210 Å². The summed E-state index contributed by atoms with van der Waals surface area (Å²) >= 11 is 3.73. The number of hydrogen-bond acceptors (Lipinski definition) is 13. The standard InChI is InChI=1S/C18H19N9O5S3/c1-3-4-32-23-10(9-7-34-17(19)20-9)13(28)21-11-14(29)27-12(16(30)31)8(5-33-15(11)27)6-35-18-22-24-25-26(18)2/h3,7,11,15H,1,4-6H2,2H3,(H2,19,20)(H,21,28)(H,30,31)/t11?,15-/m1/s1. The molecule has 4 rings (SSSR count). The number of aryl methyl sites for hydroxylation is 1. The molecule has 2 aromatic rings. The summed E-state index contributed by atoms with van der Waals surface area (Å²) in [5.74, 6) is -1.82. The van der Waals surface area contributed by atoms with Gasteiger partial charge in [-0.25, -0.2) is 14.5 Å². The van der Waals surface area contributed by atoms with Gasteiger partial charge in [0.2, 0.25) is 5.16 Å². The number of fused-ring (bicyclic) bond motifs is 1. The largest absolute Gasteiger partial charge is 0.477 e. The smallest absolute Gasteiger partial charge is 0.352 e. The highest BCUT2D eigenvalue weighted by Crippen LogP contribution is 2.41. The van der Waals surface area contributed by atoms with E-state index in [9.17, 15) is 19.5 Å². The first-order valence-electron chi connectivity index (χ1n) is 9.90. The number of carbonyl (C=O) groups is 3. The number of carboxylic acid groups (broad SMARTS) is 1. The molecule has 4 N–H and O–H groups in total. The van der Waals surface area contributed by atoms with Crippen molar-refractivity contribution in [3.05, 3.63) is 35.0 Å². The van der Waals surface area contributed by atoms with Crippen LogP contribution in [0, 0.1) is 0 Å². The maximum atomic E-state index is 13.0. The predicted molar refractivity (Wildman–Crippen MR) is 128 cm³/mol. The molecular formula is C18H19N9O5S3. The van der Waals surface area contributed by atoms with Gasteiger partial charge in [-0.15, -0.1) is 28.2 Å². The van der Waals surface area contributed by atoms with Crippen molar-refractivity contribution in [2.75, 3.05) is 23.8 Å². The molecule has 0 saturated carbocycles. The van der Waals surface area contributed by atoms with Crippen molar-refractivity contribution >= 4 is 63.5 Å². The molecule has 0 aliphatic carbocycles. The quantitative estimate of drug-likeness (QED) is 0.0895. The fraction of sp³-hybridized carbons (Fsp3) is 0.333. The molecule has 1 unspecified atom stereocenters. The average molecular weight is 538 g/mol. The van der Waals surface area contributed by atoms with Crippen molar-refractivity contribution in [3.63, 3.8) is 0 Å². The zero-order chi connectivity index (χ0) is 25.1. The van der Waals surface area contributed by atoms with Crippen LogP contribution in [0.1, 0.15) is 5.69 Å². The van der Waals surface area contributed by atoms with Gasteiger partial charge in [0, 0.05) is 23.9 Å². The Bertz CT molecular complexity index is 1240. The molecule has 17 heteroatoms. The van der Waals surface area contributed by atoms with Gasteiger partial charge in [0.15, 0.2) is 10.8 Å². The molecule has 14 nitrogen and oxygen atoms in total. The molecule has 0 spiro atoms. The minimum atomic E-state index is -1.22. The molecule has 1 saturated heterocycles. The lowest BCUT2D eigenvalue weighted by Crippen LogP contribution is -2.71. The number of rotatable bonds is 10. The molecule has 184 valence electrons. The van der Waals surface area contributed by atoms with Gasteiger partial charge >= 0.3 is 5.97 Å². The fourth-order valence-electron chi connectivity index (χ4n) is 3.25. The van der Waals surface area contributed by atoms with Gasteiger partial charge in [0.05, 0.1) is 0 Å². The van der Waals surface area contributed by atoms with Gasteiger partial charge in [-0.1, -0.05) is 29.6 Å². The van der Waals surface area contributed by atoms with E-state index in [1.165, 1.54) is 44.6 Å². The third-order valence-electron chi connectivity index (χ3n) is 4.82. The zero-order valence-electron chi connectivity index (χ0n) is 18.2. The molecule has 2 atom stereocenters. The van der Waals surface area contributed by atoms with E-state index in [1.807, 2.05) is 0 Å². The number of carboxylic acids is 1. The Morgan fingerprint density at radius 3 is 2.94 bits per heavy atom. The fourth-order valence-corrected chi connectivity index (χ4v) is 6.14. The second-order valence-electron chi connectivity index (χ2n) is 7.09. The first kappa shape index (κ1) is 24.7. The lowest BCUT2D eigenvalue weighted by molar-refractivity contribution is -0.150. The SMILES string of the molecule is C=CCON=C(C(=O)NC1C(=O)N2C(C(=O)O)=C(CSc3nnnn3C)CS[C@H]12)c1csc(N)n1. The molecule has 0 bridgehead atoms. The molecule has 2 aliphatic rings. The lowest BCUT2D eigenvalue weighted by atomic mass is 10.0. The number of anilines is 1. The Kier molecular flexibility index (Phi) is 7.37. The summed E-state index contributed by atoms with van der Waals surface area (Å²) in [5.41, 5.74) is 6.16. The monoisotopic (exact) mass is 537 g/mol. The summed E-state index contributed by atoms with van der Waals surface area (Å²) in [4.78, 5) is 48.2. The number of aliphatic carboxylic acids is 1. The molecule has 4 heterocycles. The summed E-state index contributed by atoms with van der Waals surface area (Å²) < 4.78 is 1.47. The summed E-state index contributed by atoms with van der Waals surface area (Å²) in [7, 11) is 1.67. The van der Waals surface area contributed by atoms with Crippen molar-refractivity contribution in [2.45, 2.75) is 16.6 Å². The normalized spacial score (nSPS) is 19.7. The maximum absolute atomic E-state index is 13.0. The van der Waals surface area contributed by atoms with Crippen LogP contribution >= 0.6 is 34.9 Å². The number of aromatic nitrogens is 5. The van der Waals surface area contributed by atoms with E-state index in [1.54, 1.807) is 7.05 Å². The van der Waals surface area contributed by atoms with Crippen molar-refractivity contribution < 1.29 is 24.3 Å². The van der Waals surface area contributed by atoms with Crippen LogP contribution in [0.5, 0.6) is 0 Å². The van der Waals surface area contributed by atoms with E-state index < -0.39 is 29.2 Å². The Morgan fingerprint density at radius 1 is 1.51 bits per heavy atom. The second kappa shape index (κ2) is 10.4. The number of oxime groups is 1. The Hall–Kier alpha value is -3.44.